The van der Waals surface area contributed by atoms with Crippen LogP contribution in [0.1, 0.15) is 36.6 Å². The van der Waals surface area contributed by atoms with Crippen LogP contribution in [0.2, 0.25) is 0 Å². The van der Waals surface area contributed by atoms with Crippen LogP contribution >= 0.6 is 27.3 Å². The molecule has 1 heterocycles. The van der Waals surface area contributed by atoms with Gasteiger partial charge in [0.15, 0.2) is 0 Å². The zero-order chi connectivity index (χ0) is 12.4. The van der Waals surface area contributed by atoms with Gasteiger partial charge < -0.3 is 10.8 Å². The van der Waals surface area contributed by atoms with Crippen LogP contribution in [0.25, 0.3) is 0 Å². The van der Waals surface area contributed by atoms with Crippen molar-refractivity contribution < 1.29 is 9.90 Å². The third-order valence-corrected chi connectivity index (χ3v) is 5.34. The first-order valence-electron chi connectivity index (χ1n) is 5.80. The number of carboxylic acids is 1. The number of aliphatic carboxylic acids is 1. The molecule has 1 unspecified atom stereocenters. The van der Waals surface area contributed by atoms with Crippen LogP contribution in [-0.2, 0) is 4.79 Å². The molecular weight excluding hydrogens is 302 g/mol. The number of rotatable bonds is 3. The van der Waals surface area contributed by atoms with Crippen molar-refractivity contribution >= 4 is 33.2 Å². The number of carbonyl (C=O) groups is 1. The van der Waals surface area contributed by atoms with Crippen LogP contribution in [0.3, 0.4) is 0 Å². The standard InChI is InChI=1S/C12H16BrNO2S/c13-9-5-10(17-6-9)11(14)7-1-3-8(4-2-7)12(15)16/h5-8,11H,1-4,14H2,(H,15,16). The van der Waals surface area contributed by atoms with E-state index in [2.05, 4.69) is 22.0 Å². The second-order valence-electron chi connectivity index (χ2n) is 4.64. The van der Waals surface area contributed by atoms with Crippen LogP contribution in [0.4, 0.5) is 0 Å². The van der Waals surface area contributed by atoms with Crippen molar-refractivity contribution in [3.05, 3.63) is 20.8 Å². The number of hydrogen-bond acceptors (Lipinski definition) is 3. The Balaban J connectivity index is 1.94. The molecule has 17 heavy (non-hydrogen) atoms. The summed E-state index contributed by atoms with van der Waals surface area (Å²) in [5.41, 5.74) is 6.25. The van der Waals surface area contributed by atoms with Gasteiger partial charge in [-0.1, -0.05) is 0 Å². The first-order chi connectivity index (χ1) is 8.08. The lowest BCUT2D eigenvalue weighted by molar-refractivity contribution is -0.143. The van der Waals surface area contributed by atoms with Gasteiger partial charge in [0, 0.05) is 20.8 Å². The molecule has 2 rings (SSSR count). The summed E-state index contributed by atoms with van der Waals surface area (Å²) in [6, 6.07) is 2.12. The Labute approximate surface area is 113 Å². The number of thiophene rings is 1. The first kappa shape index (κ1) is 13.1. The summed E-state index contributed by atoms with van der Waals surface area (Å²) in [5.74, 6) is -0.388. The summed E-state index contributed by atoms with van der Waals surface area (Å²) < 4.78 is 1.08. The van der Waals surface area contributed by atoms with Crippen LogP contribution in [0.15, 0.2) is 15.9 Å². The van der Waals surface area contributed by atoms with Crippen molar-refractivity contribution in [1.29, 1.82) is 0 Å². The summed E-state index contributed by atoms with van der Waals surface area (Å²) in [7, 11) is 0. The summed E-state index contributed by atoms with van der Waals surface area (Å²) in [6.07, 6.45) is 3.38. The van der Waals surface area contributed by atoms with E-state index in [1.165, 1.54) is 4.88 Å². The van der Waals surface area contributed by atoms with E-state index in [-0.39, 0.29) is 12.0 Å². The molecule has 1 fully saturated rings. The van der Waals surface area contributed by atoms with Crippen molar-refractivity contribution in [1.82, 2.24) is 0 Å². The van der Waals surface area contributed by atoms with Gasteiger partial charge in [-0.15, -0.1) is 11.3 Å². The number of hydrogen-bond donors (Lipinski definition) is 2. The van der Waals surface area contributed by atoms with Crippen LogP contribution in [0.5, 0.6) is 0 Å². The fraction of sp³-hybridized carbons (Fsp3) is 0.583. The quantitative estimate of drug-likeness (QED) is 0.898. The maximum absolute atomic E-state index is 10.9. The van der Waals surface area contributed by atoms with Crippen LogP contribution in [0, 0.1) is 11.8 Å². The van der Waals surface area contributed by atoms with Crippen molar-refractivity contribution in [2.24, 2.45) is 17.6 Å². The van der Waals surface area contributed by atoms with Gasteiger partial charge >= 0.3 is 5.97 Å². The lowest BCUT2D eigenvalue weighted by Gasteiger charge is -2.29. The topological polar surface area (TPSA) is 63.3 Å². The van der Waals surface area contributed by atoms with Crippen molar-refractivity contribution in [3.8, 4) is 0 Å². The average Bonchev–Trinajstić information content (AvgIpc) is 2.75. The highest BCUT2D eigenvalue weighted by molar-refractivity contribution is 9.10. The van der Waals surface area contributed by atoms with Crippen LogP contribution in [-0.4, -0.2) is 11.1 Å². The molecule has 0 aromatic carbocycles. The fourth-order valence-corrected chi connectivity index (χ4v) is 4.00. The van der Waals surface area contributed by atoms with Crippen LogP contribution < -0.4 is 5.73 Å². The Kier molecular flexibility index (Phi) is 4.22. The third-order valence-electron chi connectivity index (χ3n) is 3.55. The minimum absolute atomic E-state index is 0.0565. The molecule has 1 aliphatic rings. The van der Waals surface area contributed by atoms with Gasteiger partial charge in [-0.25, -0.2) is 0 Å². The molecule has 0 saturated heterocycles. The lowest BCUT2D eigenvalue weighted by Crippen LogP contribution is -2.28. The highest BCUT2D eigenvalue weighted by Crippen LogP contribution is 2.38. The van der Waals surface area contributed by atoms with E-state index < -0.39 is 5.97 Å². The van der Waals surface area contributed by atoms with Crippen molar-refractivity contribution in [3.63, 3.8) is 0 Å². The summed E-state index contributed by atoms with van der Waals surface area (Å²) in [4.78, 5) is 12.1. The van der Waals surface area contributed by atoms with E-state index >= 15 is 0 Å². The summed E-state index contributed by atoms with van der Waals surface area (Å²) in [5, 5.41) is 11.0. The van der Waals surface area contributed by atoms with E-state index in [0.717, 1.165) is 30.2 Å². The van der Waals surface area contributed by atoms with E-state index in [1.807, 2.05) is 5.38 Å². The van der Waals surface area contributed by atoms with E-state index in [1.54, 1.807) is 11.3 Å². The SMILES string of the molecule is NC(c1cc(Br)cs1)C1CCC(C(=O)O)CC1. The Morgan fingerprint density at radius 1 is 1.47 bits per heavy atom. The average molecular weight is 318 g/mol. The molecule has 3 nitrogen and oxygen atoms in total. The molecule has 0 bridgehead atoms. The number of carboxylic acid groups (broad SMARTS) is 1. The second kappa shape index (κ2) is 5.50. The monoisotopic (exact) mass is 317 g/mol. The van der Waals surface area contributed by atoms with E-state index in [4.69, 9.17) is 10.8 Å². The van der Waals surface area contributed by atoms with Gasteiger partial charge in [-0.2, -0.15) is 0 Å². The van der Waals surface area contributed by atoms with Gasteiger partial charge in [-0.05, 0) is 53.6 Å². The number of nitrogens with two attached hydrogens (primary N) is 1. The zero-order valence-corrected chi connectivity index (χ0v) is 11.8. The maximum Gasteiger partial charge on any atom is 0.306 e. The van der Waals surface area contributed by atoms with Gasteiger partial charge in [-0.3, -0.25) is 4.79 Å². The molecule has 1 aromatic heterocycles. The largest absolute Gasteiger partial charge is 0.481 e. The Morgan fingerprint density at radius 3 is 2.59 bits per heavy atom. The molecule has 94 valence electrons. The molecule has 0 amide bonds. The molecule has 5 heteroatoms. The molecule has 0 aliphatic heterocycles. The maximum atomic E-state index is 10.9. The Bertz CT molecular complexity index is 399. The summed E-state index contributed by atoms with van der Waals surface area (Å²) in [6.45, 7) is 0. The highest BCUT2D eigenvalue weighted by atomic mass is 79.9. The minimum atomic E-state index is -0.657. The third kappa shape index (κ3) is 3.09. The first-order valence-corrected chi connectivity index (χ1v) is 7.47. The molecule has 1 aromatic rings. The molecule has 1 saturated carbocycles. The van der Waals surface area contributed by atoms with Crippen molar-refractivity contribution in [2.45, 2.75) is 31.7 Å². The molecule has 0 radical (unpaired) electrons. The molecular formula is C12H16BrNO2S. The predicted molar refractivity (Wildman–Crippen MR) is 72.0 cm³/mol. The van der Waals surface area contributed by atoms with Gasteiger partial charge in [0.2, 0.25) is 0 Å². The van der Waals surface area contributed by atoms with E-state index in [0.29, 0.717) is 5.92 Å². The highest BCUT2D eigenvalue weighted by Gasteiger charge is 2.30. The second-order valence-corrected chi connectivity index (χ2v) is 6.50. The van der Waals surface area contributed by atoms with E-state index in [9.17, 15) is 4.79 Å². The molecule has 1 aliphatic carbocycles. The minimum Gasteiger partial charge on any atom is -0.481 e. The zero-order valence-electron chi connectivity index (χ0n) is 9.43. The molecule has 0 spiro atoms. The van der Waals surface area contributed by atoms with Gasteiger partial charge in [0.1, 0.15) is 0 Å². The molecule has 3 N–H and O–H groups in total. The summed E-state index contributed by atoms with van der Waals surface area (Å²) >= 11 is 5.10. The Hall–Kier alpha value is -0.390. The smallest absolute Gasteiger partial charge is 0.306 e. The van der Waals surface area contributed by atoms with Crippen molar-refractivity contribution in [2.75, 3.05) is 0 Å². The predicted octanol–water partition coefficient (Wildman–Crippen LogP) is 3.40. The molecule has 1 atom stereocenters. The fourth-order valence-electron chi connectivity index (χ4n) is 2.46. The van der Waals surface area contributed by atoms with Gasteiger partial charge in [0.05, 0.1) is 5.92 Å². The number of halogens is 1. The lowest BCUT2D eigenvalue weighted by atomic mass is 9.78. The Morgan fingerprint density at radius 2 is 2.12 bits per heavy atom. The normalized spacial score (nSPS) is 26.7. The van der Waals surface area contributed by atoms with Gasteiger partial charge in [0.25, 0.3) is 0 Å².